The molecule has 0 radical (unpaired) electrons. The summed E-state index contributed by atoms with van der Waals surface area (Å²) >= 11 is 0. The lowest BCUT2D eigenvalue weighted by molar-refractivity contribution is -0.111. The van der Waals surface area contributed by atoms with Crippen molar-refractivity contribution in [3.63, 3.8) is 0 Å². The van der Waals surface area contributed by atoms with Gasteiger partial charge in [-0.25, -0.2) is 0 Å². The van der Waals surface area contributed by atoms with E-state index in [1.165, 1.54) is 0 Å². The zero-order valence-electron chi connectivity index (χ0n) is 11.2. The van der Waals surface area contributed by atoms with E-state index >= 15 is 0 Å². The molecule has 2 aromatic carbocycles. The third-order valence-electron chi connectivity index (χ3n) is 3.59. The molecule has 0 saturated carbocycles. The topological polar surface area (TPSA) is 17.1 Å². The van der Waals surface area contributed by atoms with Crippen molar-refractivity contribution in [3.05, 3.63) is 73.3 Å². The van der Waals surface area contributed by atoms with Gasteiger partial charge in [-0.1, -0.05) is 73.3 Å². The smallest absolute Gasteiger partial charge is 0.191 e. The molecule has 2 heteroatoms. The lowest BCUT2D eigenvalue weighted by atomic mass is 10.4. The summed E-state index contributed by atoms with van der Waals surface area (Å²) in [5.74, 6) is 0. The minimum absolute atomic E-state index is 0.305. The quantitative estimate of drug-likeness (QED) is 0.600. The fraction of sp³-hybridized carbons (Fsp3) is 0.118. The molecule has 2 rings (SSSR count). The average molecular weight is 266 g/mol. The van der Waals surface area contributed by atoms with Gasteiger partial charge in [-0.15, -0.1) is 6.58 Å². The predicted octanol–water partition coefficient (Wildman–Crippen LogP) is 2.56. The Kier molecular flexibility index (Phi) is 4.12. The monoisotopic (exact) mass is 266 g/mol. The molecule has 0 aliphatic carbocycles. The van der Waals surface area contributed by atoms with Gasteiger partial charge in [0.1, 0.15) is 5.41 Å². The molecule has 96 valence electrons. The average Bonchev–Trinajstić information content (AvgIpc) is 2.48. The van der Waals surface area contributed by atoms with Gasteiger partial charge in [0.25, 0.3) is 0 Å². The van der Waals surface area contributed by atoms with Crippen molar-refractivity contribution in [1.82, 2.24) is 0 Å². The highest BCUT2D eigenvalue weighted by atomic mass is 28.3. The lowest BCUT2D eigenvalue weighted by Crippen LogP contribution is -2.62. The van der Waals surface area contributed by atoms with Crippen molar-refractivity contribution < 1.29 is 4.79 Å². The Bertz CT molecular complexity index is 521. The number of hydrogen-bond acceptors (Lipinski definition) is 1. The van der Waals surface area contributed by atoms with E-state index in [9.17, 15) is 4.79 Å². The summed E-state index contributed by atoms with van der Waals surface area (Å²) in [4.78, 5) is 12.7. The van der Waals surface area contributed by atoms with Gasteiger partial charge >= 0.3 is 0 Å². The highest BCUT2D eigenvalue weighted by molar-refractivity contribution is 7.21. The second kappa shape index (κ2) is 5.80. The zero-order valence-corrected chi connectivity index (χ0v) is 12.2. The van der Waals surface area contributed by atoms with Gasteiger partial charge < -0.3 is 4.79 Å². The second-order valence-electron chi connectivity index (χ2n) is 4.77. The summed E-state index contributed by atoms with van der Waals surface area (Å²) in [7, 11) is -2.34. The maximum Gasteiger partial charge on any atom is 0.191 e. The van der Waals surface area contributed by atoms with Crippen LogP contribution in [0.1, 0.15) is 6.42 Å². The van der Waals surface area contributed by atoms with Crippen LogP contribution in [0.2, 0.25) is 6.55 Å². The molecule has 2 aromatic rings. The largest absolute Gasteiger partial charge is 0.304 e. The van der Waals surface area contributed by atoms with Crippen molar-refractivity contribution in [2.75, 3.05) is 0 Å². The van der Waals surface area contributed by atoms with Gasteiger partial charge in [0.2, 0.25) is 0 Å². The van der Waals surface area contributed by atoms with E-state index in [0.717, 1.165) is 10.4 Å². The van der Waals surface area contributed by atoms with Gasteiger partial charge in [0, 0.05) is 6.42 Å². The molecule has 0 spiro atoms. The minimum atomic E-state index is -2.34. The first-order chi connectivity index (χ1) is 9.19. The van der Waals surface area contributed by atoms with Gasteiger partial charge in [-0.05, 0) is 10.4 Å². The summed E-state index contributed by atoms with van der Waals surface area (Å²) in [5.41, 5.74) is 0. The minimum Gasteiger partial charge on any atom is -0.304 e. The summed E-state index contributed by atoms with van der Waals surface area (Å²) in [6.07, 6.45) is 2.14. The van der Waals surface area contributed by atoms with E-state index in [1.54, 1.807) is 6.08 Å². The van der Waals surface area contributed by atoms with Crippen molar-refractivity contribution >= 4 is 23.9 Å². The summed E-state index contributed by atoms with van der Waals surface area (Å²) in [6, 6.07) is 20.3. The Hall–Kier alpha value is -1.93. The number of rotatable bonds is 5. The number of carbonyl (C=O) groups is 1. The Morgan fingerprint density at radius 1 is 1.00 bits per heavy atom. The Morgan fingerprint density at radius 2 is 1.42 bits per heavy atom. The van der Waals surface area contributed by atoms with E-state index in [-0.39, 0.29) is 0 Å². The van der Waals surface area contributed by atoms with Gasteiger partial charge in [0.15, 0.2) is 8.07 Å². The van der Waals surface area contributed by atoms with Crippen molar-refractivity contribution in [2.45, 2.75) is 13.0 Å². The molecule has 0 aromatic heterocycles. The van der Waals surface area contributed by atoms with Crippen LogP contribution < -0.4 is 10.4 Å². The fourth-order valence-electron chi connectivity index (χ4n) is 2.37. The normalized spacial score (nSPS) is 11.0. The van der Waals surface area contributed by atoms with Crippen LogP contribution in [-0.2, 0) is 4.79 Å². The SMILES string of the molecule is C=CCC(=O)[Si](C)(c1ccccc1)c1ccccc1. The highest BCUT2D eigenvalue weighted by Gasteiger charge is 2.38. The molecule has 0 amide bonds. The molecule has 0 N–H and O–H groups in total. The fourth-order valence-corrected chi connectivity index (χ4v) is 5.61. The van der Waals surface area contributed by atoms with Crippen molar-refractivity contribution in [3.8, 4) is 0 Å². The summed E-state index contributed by atoms with van der Waals surface area (Å²) < 4.78 is 0. The third kappa shape index (κ3) is 2.59. The number of allylic oxidation sites excluding steroid dienone is 1. The van der Waals surface area contributed by atoms with Gasteiger partial charge in [-0.2, -0.15) is 0 Å². The van der Waals surface area contributed by atoms with E-state index in [4.69, 9.17) is 0 Å². The van der Waals surface area contributed by atoms with Crippen LogP contribution in [0.25, 0.3) is 0 Å². The molecule has 0 aliphatic heterocycles. The molecule has 0 atom stereocenters. The van der Waals surface area contributed by atoms with Crippen LogP contribution in [0.15, 0.2) is 73.3 Å². The molecule has 0 saturated heterocycles. The van der Waals surface area contributed by atoms with Crippen LogP contribution >= 0.6 is 0 Å². The Balaban J connectivity index is 2.57. The molecule has 0 aliphatic rings. The molecule has 0 unspecified atom stereocenters. The van der Waals surface area contributed by atoms with Gasteiger partial charge in [-0.3, -0.25) is 0 Å². The number of carbonyl (C=O) groups excluding carboxylic acids is 1. The summed E-state index contributed by atoms with van der Waals surface area (Å²) in [5, 5.41) is 2.63. The third-order valence-corrected chi connectivity index (χ3v) is 7.89. The standard InChI is InChI=1S/C17H18OSi/c1-3-10-17(18)19(2,15-11-6-4-7-12-15)16-13-8-5-9-14-16/h3-9,11-14H,1,10H2,2H3. The molecular formula is C17H18OSi. The molecule has 19 heavy (non-hydrogen) atoms. The molecule has 0 bridgehead atoms. The first-order valence-electron chi connectivity index (χ1n) is 6.45. The van der Waals surface area contributed by atoms with Crippen LogP contribution in [0.4, 0.5) is 0 Å². The van der Waals surface area contributed by atoms with E-state index in [2.05, 4.69) is 37.4 Å². The molecule has 0 fully saturated rings. The van der Waals surface area contributed by atoms with Crippen LogP contribution in [0.5, 0.6) is 0 Å². The molecule has 1 nitrogen and oxygen atoms in total. The predicted molar refractivity (Wildman–Crippen MR) is 83.6 cm³/mol. The second-order valence-corrected chi connectivity index (χ2v) is 8.74. The van der Waals surface area contributed by atoms with E-state index in [1.807, 2.05) is 36.4 Å². The van der Waals surface area contributed by atoms with Crippen molar-refractivity contribution in [1.29, 1.82) is 0 Å². The number of benzene rings is 2. The number of hydrogen-bond donors (Lipinski definition) is 0. The van der Waals surface area contributed by atoms with Gasteiger partial charge in [0.05, 0.1) is 0 Å². The first-order valence-corrected chi connectivity index (χ1v) is 8.95. The highest BCUT2D eigenvalue weighted by Crippen LogP contribution is 2.09. The van der Waals surface area contributed by atoms with E-state index in [0.29, 0.717) is 11.8 Å². The Labute approximate surface area is 115 Å². The van der Waals surface area contributed by atoms with Crippen LogP contribution in [-0.4, -0.2) is 13.5 Å². The Morgan fingerprint density at radius 3 is 1.79 bits per heavy atom. The maximum atomic E-state index is 12.7. The van der Waals surface area contributed by atoms with Crippen LogP contribution in [0, 0.1) is 0 Å². The maximum absolute atomic E-state index is 12.7. The zero-order chi connectivity index (χ0) is 13.7. The molecular weight excluding hydrogens is 248 g/mol. The van der Waals surface area contributed by atoms with Crippen molar-refractivity contribution in [2.24, 2.45) is 0 Å². The van der Waals surface area contributed by atoms with Crippen LogP contribution in [0.3, 0.4) is 0 Å². The molecule has 0 heterocycles. The first kappa shape index (κ1) is 13.5. The lowest BCUT2D eigenvalue weighted by Gasteiger charge is -2.26. The summed E-state index contributed by atoms with van der Waals surface area (Å²) in [6.45, 7) is 5.83. The van der Waals surface area contributed by atoms with E-state index < -0.39 is 8.07 Å².